The molecule has 1 heterocycles. The van der Waals surface area contributed by atoms with E-state index in [4.69, 9.17) is 15.2 Å². The van der Waals surface area contributed by atoms with Crippen molar-refractivity contribution in [3.63, 3.8) is 0 Å². The molecule has 0 aromatic heterocycles. The second kappa shape index (κ2) is 4.70. The molecule has 1 atom stereocenters. The number of ether oxygens (including phenoxy) is 2. The topological polar surface area (TPSA) is 44.5 Å². The number of benzene rings is 2. The van der Waals surface area contributed by atoms with E-state index in [9.17, 15) is 0 Å². The van der Waals surface area contributed by atoms with E-state index in [1.54, 1.807) is 0 Å². The molecule has 2 aromatic rings. The van der Waals surface area contributed by atoms with Crippen molar-refractivity contribution < 1.29 is 9.47 Å². The van der Waals surface area contributed by atoms with Gasteiger partial charge >= 0.3 is 0 Å². The van der Waals surface area contributed by atoms with E-state index in [0.717, 1.165) is 29.2 Å². The lowest BCUT2D eigenvalue weighted by Crippen LogP contribution is -2.20. The highest BCUT2D eigenvalue weighted by Gasteiger charge is 2.18. The van der Waals surface area contributed by atoms with E-state index in [0.29, 0.717) is 6.61 Å². The molecular weight excluding hydrogens is 226 g/mol. The molecule has 0 saturated carbocycles. The Labute approximate surface area is 106 Å². The van der Waals surface area contributed by atoms with Crippen molar-refractivity contribution in [1.29, 1.82) is 0 Å². The molecule has 18 heavy (non-hydrogen) atoms. The van der Waals surface area contributed by atoms with Gasteiger partial charge in [0.05, 0.1) is 6.61 Å². The van der Waals surface area contributed by atoms with Crippen LogP contribution in [0.5, 0.6) is 17.2 Å². The molecule has 0 bridgehead atoms. The molecule has 3 rings (SSSR count). The zero-order valence-electron chi connectivity index (χ0n) is 10.0. The number of hydrogen-bond donors (Lipinski definition) is 1. The van der Waals surface area contributed by atoms with Crippen LogP contribution >= 0.6 is 0 Å². The van der Waals surface area contributed by atoms with E-state index in [-0.39, 0.29) is 6.04 Å². The van der Waals surface area contributed by atoms with Crippen LogP contribution in [-0.4, -0.2) is 6.61 Å². The van der Waals surface area contributed by atoms with Crippen molar-refractivity contribution in [3.8, 4) is 17.2 Å². The molecule has 2 N–H and O–H groups in total. The molecule has 3 heteroatoms. The van der Waals surface area contributed by atoms with Crippen molar-refractivity contribution in [1.82, 2.24) is 0 Å². The van der Waals surface area contributed by atoms with E-state index >= 15 is 0 Å². The lowest BCUT2D eigenvalue weighted by Gasteiger charge is -2.23. The fourth-order valence-corrected chi connectivity index (χ4v) is 2.09. The summed E-state index contributed by atoms with van der Waals surface area (Å²) in [5.41, 5.74) is 7.10. The SMILES string of the molecule is N[C@@H]1CCOc2ccc(Oc3ccccc3)cc21. The van der Waals surface area contributed by atoms with E-state index < -0.39 is 0 Å². The Morgan fingerprint density at radius 1 is 1.06 bits per heavy atom. The summed E-state index contributed by atoms with van der Waals surface area (Å²) in [6.07, 6.45) is 0.849. The molecule has 0 radical (unpaired) electrons. The molecule has 0 saturated heterocycles. The minimum atomic E-state index is 0.0353. The second-order valence-corrected chi connectivity index (χ2v) is 4.36. The number of nitrogens with two attached hydrogens (primary N) is 1. The average molecular weight is 241 g/mol. The van der Waals surface area contributed by atoms with Crippen LogP contribution in [0.15, 0.2) is 48.5 Å². The minimum Gasteiger partial charge on any atom is -0.493 e. The Morgan fingerprint density at radius 2 is 1.89 bits per heavy atom. The normalized spacial score (nSPS) is 17.7. The predicted octanol–water partition coefficient (Wildman–Crippen LogP) is 3.26. The second-order valence-electron chi connectivity index (χ2n) is 4.36. The van der Waals surface area contributed by atoms with Gasteiger partial charge in [-0.1, -0.05) is 18.2 Å². The Balaban J connectivity index is 1.88. The first kappa shape index (κ1) is 11.1. The van der Waals surface area contributed by atoms with Crippen LogP contribution in [0.3, 0.4) is 0 Å². The summed E-state index contributed by atoms with van der Waals surface area (Å²) in [7, 11) is 0. The fourth-order valence-electron chi connectivity index (χ4n) is 2.09. The molecular formula is C15H15NO2. The van der Waals surface area contributed by atoms with Gasteiger partial charge in [0.25, 0.3) is 0 Å². The number of fused-ring (bicyclic) bond motifs is 1. The Kier molecular flexibility index (Phi) is 2.90. The maximum atomic E-state index is 6.07. The number of para-hydroxylation sites is 1. The standard InChI is InChI=1S/C15H15NO2/c16-14-8-9-17-15-7-6-12(10-13(14)15)18-11-4-2-1-3-5-11/h1-7,10,14H,8-9,16H2/t14-/m1/s1. The zero-order chi connectivity index (χ0) is 12.4. The maximum Gasteiger partial charge on any atom is 0.128 e. The average Bonchev–Trinajstić information content (AvgIpc) is 2.41. The summed E-state index contributed by atoms with van der Waals surface area (Å²) in [4.78, 5) is 0. The van der Waals surface area contributed by atoms with E-state index in [2.05, 4.69) is 0 Å². The molecule has 0 fully saturated rings. The highest BCUT2D eigenvalue weighted by Crippen LogP contribution is 2.34. The van der Waals surface area contributed by atoms with Crippen LogP contribution < -0.4 is 15.2 Å². The fraction of sp³-hybridized carbons (Fsp3) is 0.200. The molecule has 0 unspecified atom stereocenters. The molecule has 0 amide bonds. The minimum absolute atomic E-state index is 0.0353. The quantitative estimate of drug-likeness (QED) is 0.877. The summed E-state index contributed by atoms with van der Waals surface area (Å²) >= 11 is 0. The molecule has 0 aliphatic carbocycles. The third kappa shape index (κ3) is 2.17. The molecule has 3 nitrogen and oxygen atoms in total. The lowest BCUT2D eigenvalue weighted by molar-refractivity contribution is 0.268. The lowest BCUT2D eigenvalue weighted by atomic mass is 10.0. The van der Waals surface area contributed by atoms with Gasteiger partial charge in [-0.25, -0.2) is 0 Å². The van der Waals surface area contributed by atoms with Gasteiger partial charge in [-0.15, -0.1) is 0 Å². The number of hydrogen-bond acceptors (Lipinski definition) is 3. The van der Waals surface area contributed by atoms with Crippen molar-refractivity contribution >= 4 is 0 Å². The molecule has 1 aliphatic heterocycles. The highest BCUT2D eigenvalue weighted by molar-refractivity contribution is 5.44. The van der Waals surface area contributed by atoms with Gasteiger partial charge in [0, 0.05) is 18.0 Å². The van der Waals surface area contributed by atoms with E-state index in [1.165, 1.54) is 0 Å². The Morgan fingerprint density at radius 3 is 2.72 bits per heavy atom. The number of rotatable bonds is 2. The Bertz CT molecular complexity index is 539. The monoisotopic (exact) mass is 241 g/mol. The summed E-state index contributed by atoms with van der Waals surface area (Å²) in [5, 5.41) is 0. The van der Waals surface area contributed by atoms with Gasteiger partial charge < -0.3 is 15.2 Å². The predicted molar refractivity (Wildman–Crippen MR) is 70.0 cm³/mol. The van der Waals surface area contributed by atoms with Gasteiger partial charge in [-0.2, -0.15) is 0 Å². The first-order valence-electron chi connectivity index (χ1n) is 6.08. The largest absolute Gasteiger partial charge is 0.493 e. The first-order valence-corrected chi connectivity index (χ1v) is 6.08. The van der Waals surface area contributed by atoms with Crippen LogP contribution in [0.25, 0.3) is 0 Å². The van der Waals surface area contributed by atoms with Crippen LogP contribution in [0, 0.1) is 0 Å². The zero-order valence-corrected chi connectivity index (χ0v) is 10.0. The van der Waals surface area contributed by atoms with Gasteiger partial charge in [-0.05, 0) is 30.3 Å². The van der Waals surface area contributed by atoms with Crippen LogP contribution in [0.1, 0.15) is 18.0 Å². The summed E-state index contributed by atoms with van der Waals surface area (Å²) < 4.78 is 11.3. The Hall–Kier alpha value is -2.00. The third-order valence-electron chi connectivity index (χ3n) is 3.05. The molecule has 2 aromatic carbocycles. The molecule has 0 spiro atoms. The highest BCUT2D eigenvalue weighted by atomic mass is 16.5. The van der Waals surface area contributed by atoms with Crippen LogP contribution in [0.4, 0.5) is 0 Å². The van der Waals surface area contributed by atoms with Crippen LogP contribution in [-0.2, 0) is 0 Å². The van der Waals surface area contributed by atoms with E-state index in [1.807, 2.05) is 48.5 Å². The summed E-state index contributed by atoms with van der Waals surface area (Å²) in [6, 6.07) is 15.5. The first-order chi connectivity index (χ1) is 8.83. The smallest absolute Gasteiger partial charge is 0.128 e. The van der Waals surface area contributed by atoms with Crippen molar-refractivity contribution in [2.75, 3.05) is 6.61 Å². The van der Waals surface area contributed by atoms with Crippen molar-refractivity contribution in [2.24, 2.45) is 5.73 Å². The van der Waals surface area contributed by atoms with Gasteiger partial charge in [0.15, 0.2) is 0 Å². The maximum absolute atomic E-state index is 6.07. The van der Waals surface area contributed by atoms with Gasteiger partial charge in [0.2, 0.25) is 0 Å². The summed E-state index contributed by atoms with van der Waals surface area (Å²) in [6.45, 7) is 0.688. The van der Waals surface area contributed by atoms with Crippen molar-refractivity contribution in [3.05, 3.63) is 54.1 Å². The van der Waals surface area contributed by atoms with Crippen LogP contribution in [0.2, 0.25) is 0 Å². The molecule has 1 aliphatic rings. The molecule has 92 valence electrons. The van der Waals surface area contributed by atoms with Gasteiger partial charge in [0.1, 0.15) is 17.2 Å². The van der Waals surface area contributed by atoms with Gasteiger partial charge in [-0.3, -0.25) is 0 Å². The van der Waals surface area contributed by atoms with Crippen molar-refractivity contribution in [2.45, 2.75) is 12.5 Å². The summed E-state index contributed by atoms with van der Waals surface area (Å²) in [5.74, 6) is 2.48. The third-order valence-corrected chi connectivity index (χ3v) is 3.05.